The van der Waals surface area contributed by atoms with E-state index in [0.717, 1.165) is 0 Å². The van der Waals surface area contributed by atoms with Crippen molar-refractivity contribution in [2.75, 3.05) is 5.43 Å². The van der Waals surface area contributed by atoms with Crippen LogP contribution in [-0.4, -0.2) is 11.5 Å². The number of hydrogen-bond acceptors (Lipinski definition) is 4. The highest BCUT2D eigenvalue weighted by Gasteiger charge is 2.14. The molecule has 0 fully saturated rings. The quantitative estimate of drug-likeness (QED) is 0.532. The molecule has 0 unspecified atom stereocenters. The number of rotatable bonds is 4. The van der Waals surface area contributed by atoms with E-state index in [1.807, 2.05) is 0 Å². The van der Waals surface area contributed by atoms with Crippen LogP contribution in [0.5, 0.6) is 0 Å². The lowest BCUT2D eigenvalue weighted by molar-refractivity contribution is 0.106. The summed E-state index contributed by atoms with van der Waals surface area (Å²) in [5.41, 5.74) is 2.94. The number of hydrazone groups is 1. The average Bonchev–Trinajstić information content (AvgIpc) is 2.49. The van der Waals surface area contributed by atoms with Crippen molar-refractivity contribution in [1.29, 1.82) is 5.26 Å². The van der Waals surface area contributed by atoms with Crippen LogP contribution in [0.25, 0.3) is 0 Å². The van der Waals surface area contributed by atoms with Gasteiger partial charge >= 0.3 is 0 Å². The highest BCUT2D eigenvalue weighted by Crippen LogP contribution is 2.12. The number of nitrogens with one attached hydrogen (secondary N) is 1. The highest BCUT2D eigenvalue weighted by atomic mass is 35.5. The molecule has 4 nitrogen and oxygen atoms in total. The third-order valence-corrected chi connectivity index (χ3v) is 2.78. The molecule has 0 aliphatic heterocycles. The van der Waals surface area contributed by atoms with Crippen LogP contribution in [0, 0.1) is 17.1 Å². The summed E-state index contributed by atoms with van der Waals surface area (Å²) in [5.74, 6) is -0.936. The zero-order chi connectivity index (χ0) is 15.2. The highest BCUT2D eigenvalue weighted by molar-refractivity contribution is 6.51. The van der Waals surface area contributed by atoms with Gasteiger partial charge in [0, 0.05) is 10.6 Å². The maximum Gasteiger partial charge on any atom is 0.223 e. The molecule has 0 atom stereocenters. The van der Waals surface area contributed by atoms with Gasteiger partial charge in [0.1, 0.15) is 11.9 Å². The van der Waals surface area contributed by atoms with Crippen LogP contribution in [0.2, 0.25) is 5.02 Å². The molecule has 0 aromatic heterocycles. The van der Waals surface area contributed by atoms with E-state index in [9.17, 15) is 9.18 Å². The zero-order valence-corrected chi connectivity index (χ0v) is 11.4. The first-order chi connectivity index (χ1) is 10.1. The number of halogens is 2. The van der Waals surface area contributed by atoms with Gasteiger partial charge in [0.2, 0.25) is 11.5 Å². The Bertz CT molecular complexity index is 735. The van der Waals surface area contributed by atoms with E-state index in [2.05, 4.69) is 10.5 Å². The molecule has 0 amide bonds. The molecule has 21 heavy (non-hydrogen) atoms. The summed E-state index contributed by atoms with van der Waals surface area (Å²) in [6.07, 6.45) is 0. The summed E-state index contributed by atoms with van der Waals surface area (Å²) in [5, 5.41) is 13.1. The summed E-state index contributed by atoms with van der Waals surface area (Å²) in [6.45, 7) is 0. The Balaban J connectivity index is 2.19. The van der Waals surface area contributed by atoms with Crippen LogP contribution >= 0.6 is 11.6 Å². The van der Waals surface area contributed by atoms with Gasteiger partial charge in [-0.25, -0.2) is 4.39 Å². The van der Waals surface area contributed by atoms with Gasteiger partial charge in [-0.3, -0.25) is 10.2 Å². The van der Waals surface area contributed by atoms with Crippen molar-refractivity contribution < 1.29 is 9.18 Å². The number of anilines is 1. The molecular weight excluding hydrogens is 293 g/mol. The van der Waals surface area contributed by atoms with Gasteiger partial charge in [-0.1, -0.05) is 23.7 Å². The standard InChI is InChI=1S/C15H9ClFN3O/c16-11-3-1-2-10(8-11)15(21)14(9-18)20-19-13-6-4-12(17)5-7-13/h1-8,19H/b20-14-. The fourth-order valence-electron chi connectivity index (χ4n) is 1.54. The Labute approximate surface area is 125 Å². The minimum Gasteiger partial charge on any atom is -0.286 e. The number of ketones is 1. The minimum absolute atomic E-state index is 0.267. The van der Waals surface area contributed by atoms with Crippen molar-refractivity contribution in [3.8, 4) is 6.07 Å². The molecule has 2 aromatic carbocycles. The second-order valence-corrected chi connectivity index (χ2v) is 4.47. The fraction of sp³-hybridized carbons (Fsp3) is 0. The third-order valence-electron chi connectivity index (χ3n) is 2.55. The van der Waals surface area contributed by atoms with Crippen LogP contribution in [0.15, 0.2) is 53.6 Å². The molecule has 0 heterocycles. The van der Waals surface area contributed by atoms with Crippen LogP contribution in [0.1, 0.15) is 10.4 Å². The van der Waals surface area contributed by atoms with E-state index >= 15 is 0 Å². The number of nitriles is 1. The van der Waals surface area contributed by atoms with Crippen molar-refractivity contribution in [3.05, 3.63) is 64.9 Å². The summed E-state index contributed by atoms with van der Waals surface area (Å²) in [6, 6.07) is 13.3. The Morgan fingerprint density at radius 2 is 1.95 bits per heavy atom. The van der Waals surface area contributed by atoms with Gasteiger partial charge < -0.3 is 0 Å². The van der Waals surface area contributed by atoms with E-state index in [4.69, 9.17) is 16.9 Å². The molecule has 2 rings (SSSR count). The van der Waals surface area contributed by atoms with Gasteiger partial charge in [0.15, 0.2) is 0 Å². The fourth-order valence-corrected chi connectivity index (χ4v) is 1.73. The first-order valence-corrected chi connectivity index (χ1v) is 6.27. The topological polar surface area (TPSA) is 65.2 Å². The smallest absolute Gasteiger partial charge is 0.223 e. The lowest BCUT2D eigenvalue weighted by atomic mass is 10.1. The lowest BCUT2D eigenvalue weighted by Gasteiger charge is -2.02. The number of Topliss-reactive ketones (excluding diaryl/α,β-unsaturated/α-hetero) is 1. The Morgan fingerprint density at radius 3 is 2.57 bits per heavy atom. The minimum atomic E-state index is -0.547. The number of nitrogens with zero attached hydrogens (tertiary/aromatic N) is 2. The zero-order valence-electron chi connectivity index (χ0n) is 10.7. The predicted octanol–water partition coefficient (Wildman–Crippen LogP) is 3.65. The Kier molecular flexibility index (Phi) is 4.64. The summed E-state index contributed by atoms with van der Waals surface area (Å²) in [7, 11) is 0. The van der Waals surface area contributed by atoms with E-state index in [0.29, 0.717) is 10.7 Å². The van der Waals surface area contributed by atoms with Gasteiger partial charge in [0.25, 0.3) is 0 Å². The third kappa shape index (κ3) is 3.88. The van der Waals surface area contributed by atoms with E-state index < -0.39 is 5.78 Å². The molecule has 0 spiro atoms. The lowest BCUT2D eigenvalue weighted by Crippen LogP contribution is -2.14. The SMILES string of the molecule is N#C/C(=N/Nc1ccc(F)cc1)C(=O)c1cccc(Cl)c1. The van der Waals surface area contributed by atoms with Crippen molar-refractivity contribution in [2.24, 2.45) is 5.10 Å². The summed E-state index contributed by atoms with van der Waals surface area (Å²) >= 11 is 5.80. The van der Waals surface area contributed by atoms with Crippen LogP contribution < -0.4 is 5.43 Å². The van der Waals surface area contributed by atoms with Gasteiger partial charge in [-0.15, -0.1) is 0 Å². The second-order valence-electron chi connectivity index (χ2n) is 4.03. The second kappa shape index (κ2) is 6.64. The first kappa shape index (κ1) is 14.7. The molecule has 104 valence electrons. The summed E-state index contributed by atoms with van der Waals surface area (Å²) < 4.78 is 12.8. The van der Waals surface area contributed by atoms with E-state index in [1.54, 1.807) is 24.3 Å². The largest absolute Gasteiger partial charge is 0.286 e. The van der Waals surface area contributed by atoms with Crippen molar-refractivity contribution in [3.63, 3.8) is 0 Å². The normalized spacial score (nSPS) is 10.8. The van der Waals surface area contributed by atoms with E-state index in [-0.39, 0.29) is 17.1 Å². The maximum absolute atomic E-state index is 12.8. The van der Waals surface area contributed by atoms with Crippen LogP contribution in [0.4, 0.5) is 10.1 Å². The number of carbonyl (C=O) groups is 1. The molecule has 0 bridgehead atoms. The monoisotopic (exact) mass is 301 g/mol. The van der Waals surface area contributed by atoms with Gasteiger partial charge in [0.05, 0.1) is 5.69 Å². The average molecular weight is 302 g/mol. The maximum atomic E-state index is 12.8. The van der Waals surface area contributed by atoms with E-state index in [1.165, 1.54) is 30.3 Å². The molecule has 0 saturated heterocycles. The number of benzene rings is 2. The molecule has 0 radical (unpaired) electrons. The van der Waals surface area contributed by atoms with Crippen molar-refractivity contribution in [1.82, 2.24) is 0 Å². The molecule has 0 aliphatic rings. The van der Waals surface area contributed by atoms with Crippen LogP contribution in [-0.2, 0) is 0 Å². The first-order valence-electron chi connectivity index (χ1n) is 5.90. The Morgan fingerprint density at radius 1 is 1.24 bits per heavy atom. The predicted molar refractivity (Wildman–Crippen MR) is 78.9 cm³/mol. The molecule has 2 aromatic rings. The van der Waals surface area contributed by atoms with Crippen molar-refractivity contribution >= 4 is 28.8 Å². The molecule has 6 heteroatoms. The van der Waals surface area contributed by atoms with Gasteiger partial charge in [-0.05, 0) is 36.4 Å². The van der Waals surface area contributed by atoms with Gasteiger partial charge in [-0.2, -0.15) is 10.4 Å². The molecule has 1 N–H and O–H groups in total. The molecule has 0 saturated carbocycles. The molecule has 0 aliphatic carbocycles. The van der Waals surface area contributed by atoms with Crippen molar-refractivity contribution in [2.45, 2.75) is 0 Å². The molecular formula is C15H9ClFN3O. The summed E-state index contributed by atoms with van der Waals surface area (Å²) in [4.78, 5) is 12.1. The van der Waals surface area contributed by atoms with Crippen LogP contribution in [0.3, 0.4) is 0 Å². The number of carbonyl (C=O) groups excluding carboxylic acids is 1. The number of hydrogen-bond donors (Lipinski definition) is 1. The Hall–Kier alpha value is -2.71.